The van der Waals surface area contributed by atoms with Crippen LogP contribution < -0.4 is 5.32 Å². The molecule has 0 saturated carbocycles. The Bertz CT molecular complexity index is 306. The molecule has 0 bridgehead atoms. The highest BCUT2D eigenvalue weighted by Gasteiger charge is 2.13. The second-order valence-corrected chi connectivity index (χ2v) is 3.03. The molecule has 0 saturated heterocycles. The van der Waals surface area contributed by atoms with Crippen LogP contribution in [0.1, 0.15) is 18.5 Å². The zero-order valence-electron chi connectivity index (χ0n) is 8.64. The van der Waals surface area contributed by atoms with Crippen LogP contribution in [0.2, 0.25) is 0 Å². The maximum absolute atomic E-state index is 10.6. The summed E-state index contributed by atoms with van der Waals surface area (Å²) < 4.78 is 0. The van der Waals surface area contributed by atoms with Crippen molar-refractivity contribution in [2.45, 2.75) is 13.0 Å². The van der Waals surface area contributed by atoms with Crippen molar-refractivity contribution in [2.75, 3.05) is 7.05 Å². The van der Waals surface area contributed by atoms with E-state index in [1.807, 2.05) is 30.3 Å². The molecule has 5 heteroatoms. The van der Waals surface area contributed by atoms with E-state index in [1.54, 1.807) is 7.05 Å². The van der Waals surface area contributed by atoms with Crippen molar-refractivity contribution in [1.82, 2.24) is 5.32 Å². The van der Waals surface area contributed by atoms with Gasteiger partial charge in [-0.1, -0.05) is 35.9 Å². The first kappa shape index (κ1) is 13.7. The van der Waals surface area contributed by atoms with Crippen molar-refractivity contribution in [3.63, 3.8) is 0 Å². The molecule has 0 aliphatic heterocycles. The topological polar surface area (TPSA) is 55.2 Å². The zero-order valence-corrected chi connectivity index (χ0v) is 9.45. The summed E-state index contributed by atoms with van der Waals surface area (Å²) >= 11 is 0. The van der Waals surface area contributed by atoms with Crippen molar-refractivity contribution in [1.29, 1.82) is 0 Å². The lowest BCUT2D eigenvalue weighted by Crippen LogP contribution is -2.26. The standard InChI is InChI=1S/C10H13N2O2.ClH/c1-8(12(13)14)10(11-2)9-6-4-3-5-7-9;/h3-7,10-11H,1-2H3;1H/q-1;. The fourth-order valence-corrected chi connectivity index (χ4v) is 1.37. The summed E-state index contributed by atoms with van der Waals surface area (Å²) in [5.74, 6) is 0. The molecular formula is C10H14ClN2O2-. The van der Waals surface area contributed by atoms with E-state index in [0.717, 1.165) is 5.56 Å². The quantitative estimate of drug-likeness (QED) is 0.489. The normalized spacial score (nSPS) is 11.3. The Morgan fingerprint density at radius 2 is 1.93 bits per heavy atom. The molecule has 4 nitrogen and oxygen atoms in total. The van der Waals surface area contributed by atoms with Gasteiger partial charge in [-0.2, -0.15) is 0 Å². The Kier molecular flexibility index (Phi) is 5.74. The molecule has 1 atom stereocenters. The predicted octanol–water partition coefficient (Wildman–Crippen LogP) is 2.20. The highest BCUT2D eigenvalue weighted by molar-refractivity contribution is 5.85. The van der Waals surface area contributed by atoms with Gasteiger partial charge in [-0.25, -0.2) is 0 Å². The fraction of sp³-hybridized carbons (Fsp3) is 0.300. The van der Waals surface area contributed by atoms with Crippen LogP contribution in [-0.4, -0.2) is 12.0 Å². The second-order valence-electron chi connectivity index (χ2n) is 3.03. The number of benzene rings is 1. The lowest BCUT2D eigenvalue weighted by molar-refractivity contribution is -0.469. The average Bonchev–Trinajstić information content (AvgIpc) is 2.20. The van der Waals surface area contributed by atoms with Gasteiger partial charge in [-0.05, 0) is 19.1 Å². The SMILES string of the molecule is CNC(c1ccccc1)[C-](C)[N+](=O)[O-].Cl. The minimum atomic E-state index is -0.353. The van der Waals surface area contributed by atoms with Gasteiger partial charge in [0.2, 0.25) is 0 Å². The van der Waals surface area contributed by atoms with Crippen LogP contribution in [0.4, 0.5) is 0 Å². The molecule has 0 aliphatic rings. The number of halogens is 1. The van der Waals surface area contributed by atoms with E-state index in [2.05, 4.69) is 5.32 Å². The molecule has 15 heavy (non-hydrogen) atoms. The van der Waals surface area contributed by atoms with Crippen molar-refractivity contribution in [2.24, 2.45) is 0 Å². The molecule has 0 aliphatic carbocycles. The number of nitro groups is 1. The Hall–Kier alpha value is -1.26. The average molecular weight is 230 g/mol. The molecule has 1 aromatic carbocycles. The van der Waals surface area contributed by atoms with Crippen molar-refractivity contribution in [3.8, 4) is 0 Å². The number of rotatable bonds is 4. The van der Waals surface area contributed by atoms with Crippen LogP contribution in [0.25, 0.3) is 0 Å². The van der Waals surface area contributed by atoms with Crippen LogP contribution in [0, 0.1) is 16.2 Å². The van der Waals surface area contributed by atoms with Gasteiger partial charge in [0, 0.05) is 0 Å². The van der Waals surface area contributed by atoms with Gasteiger partial charge in [-0.15, -0.1) is 24.3 Å². The van der Waals surface area contributed by atoms with Gasteiger partial charge >= 0.3 is 0 Å². The highest BCUT2D eigenvalue weighted by Crippen LogP contribution is 2.22. The van der Waals surface area contributed by atoms with Crippen LogP contribution in [0.5, 0.6) is 0 Å². The summed E-state index contributed by atoms with van der Waals surface area (Å²) in [5.41, 5.74) is 0.907. The molecule has 0 heterocycles. The number of likely N-dealkylation sites (N-methyl/N-ethyl adjacent to an activating group) is 1. The van der Waals surface area contributed by atoms with Crippen LogP contribution >= 0.6 is 12.4 Å². The van der Waals surface area contributed by atoms with Crippen LogP contribution in [-0.2, 0) is 0 Å². The first-order chi connectivity index (χ1) is 6.66. The largest absolute Gasteiger partial charge is 0.334 e. The highest BCUT2D eigenvalue weighted by atomic mass is 35.5. The van der Waals surface area contributed by atoms with Gasteiger partial charge < -0.3 is 5.32 Å². The molecule has 1 rings (SSSR count). The lowest BCUT2D eigenvalue weighted by atomic mass is 10.0. The monoisotopic (exact) mass is 229 g/mol. The van der Waals surface area contributed by atoms with E-state index in [4.69, 9.17) is 0 Å². The number of hydrogen-bond donors (Lipinski definition) is 1. The Morgan fingerprint density at radius 3 is 2.33 bits per heavy atom. The molecule has 0 amide bonds. The van der Waals surface area contributed by atoms with E-state index in [0.29, 0.717) is 0 Å². The first-order valence-corrected chi connectivity index (χ1v) is 4.37. The van der Waals surface area contributed by atoms with Crippen LogP contribution in [0.3, 0.4) is 0 Å². The number of nitrogens with one attached hydrogen (secondary N) is 1. The van der Waals surface area contributed by atoms with Crippen molar-refractivity contribution < 1.29 is 4.92 Å². The Morgan fingerprint density at radius 1 is 1.40 bits per heavy atom. The number of hydrogen-bond acceptors (Lipinski definition) is 3. The summed E-state index contributed by atoms with van der Waals surface area (Å²) in [4.78, 5) is 10.2. The molecule has 1 unspecified atom stereocenters. The molecule has 0 spiro atoms. The minimum absolute atomic E-state index is 0. The maximum Gasteiger partial charge on any atom is -0.0151 e. The summed E-state index contributed by atoms with van der Waals surface area (Å²) in [6, 6.07) is 9.25. The predicted molar refractivity (Wildman–Crippen MR) is 61.4 cm³/mol. The van der Waals surface area contributed by atoms with E-state index < -0.39 is 0 Å². The van der Waals surface area contributed by atoms with E-state index in [9.17, 15) is 10.1 Å². The summed E-state index contributed by atoms with van der Waals surface area (Å²) in [7, 11) is 1.71. The smallest absolute Gasteiger partial charge is 0.0151 e. The van der Waals surface area contributed by atoms with Crippen LogP contribution in [0.15, 0.2) is 30.3 Å². The molecule has 0 radical (unpaired) electrons. The van der Waals surface area contributed by atoms with Gasteiger partial charge in [0.25, 0.3) is 0 Å². The molecule has 1 aromatic rings. The van der Waals surface area contributed by atoms with Gasteiger partial charge in [-0.3, -0.25) is 10.1 Å². The Labute approximate surface area is 95.2 Å². The van der Waals surface area contributed by atoms with Crippen molar-refractivity contribution >= 4 is 12.4 Å². The summed E-state index contributed by atoms with van der Waals surface area (Å²) in [6.07, 6.45) is 0. The minimum Gasteiger partial charge on any atom is -0.334 e. The summed E-state index contributed by atoms with van der Waals surface area (Å²) in [6.45, 7) is 1.52. The molecule has 0 fully saturated rings. The number of nitrogens with zero attached hydrogens (tertiary/aromatic N) is 1. The van der Waals surface area contributed by atoms with Gasteiger partial charge in [0.05, 0.1) is 0 Å². The molecular weight excluding hydrogens is 216 g/mol. The third kappa shape index (κ3) is 3.42. The van der Waals surface area contributed by atoms with E-state index >= 15 is 0 Å². The lowest BCUT2D eigenvalue weighted by Gasteiger charge is -2.28. The fourth-order valence-electron chi connectivity index (χ4n) is 1.37. The van der Waals surface area contributed by atoms with E-state index in [-0.39, 0.29) is 29.4 Å². The van der Waals surface area contributed by atoms with E-state index in [1.165, 1.54) is 6.92 Å². The maximum atomic E-state index is 10.6. The summed E-state index contributed by atoms with van der Waals surface area (Å²) in [5, 5.41) is 13.5. The molecule has 1 N–H and O–H groups in total. The van der Waals surface area contributed by atoms with Crippen molar-refractivity contribution in [3.05, 3.63) is 52.1 Å². The molecule has 84 valence electrons. The Balaban J connectivity index is 0.00000196. The molecule has 0 aromatic heterocycles. The third-order valence-electron chi connectivity index (χ3n) is 2.13. The van der Waals surface area contributed by atoms with Gasteiger partial charge in [0.15, 0.2) is 0 Å². The first-order valence-electron chi connectivity index (χ1n) is 4.37. The van der Waals surface area contributed by atoms with Gasteiger partial charge in [0.1, 0.15) is 0 Å². The third-order valence-corrected chi connectivity index (χ3v) is 2.13. The second kappa shape index (κ2) is 6.27. The zero-order chi connectivity index (χ0) is 10.6.